The Bertz CT molecular complexity index is 768. The molecule has 5 heteroatoms. The molecule has 0 atom stereocenters. The zero-order valence-corrected chi connectivity index (χ0v) is 11.5. The summed E-state index contributed by atoms with van der Waals surface area (Å²) in [6.45, 7) is 0.321. The van der Waals surface area contributed by atoms with E-state index in [1.54, 1.807) is 12.1 Å². The molecule has 2 aromatic carbocycles. The van der Waals surface area contributed by atoms with Gasteiger partial charge in [-0.2, -0.15) is 0 Å². The molecule has 0 aliphatic carbocycles. The van der Waals surface area contributed by atoms with Crippen molar-refractivity contribution >= 4 is 23.1 Å². The van der Waals surface area contributed by atoms with Crippen LogP contribution in [0.1, 0.15) is 21.5 Å². The maximum Gasteiger partial charge on any atom is 0.335 e. The molecule has 0 unspecified atom stereocenters. The predicted octanol–water partition coefficient (Wildman–Crippen LogP) is 4.00. The maximum atomic E-state index is 13.5. The Balaban J connectivity index is 2.18. The van der Waals surface area contributed by atoms with Gasteiger partial charge in [0.25, 0.3) is 0 Å². The Kier molecular flexibility index (Phi) is 3.39. The third-order valence-corrected chi connectivity index (χ3v) is 3.59. The van der Waals surface area contributed by atoms with Gasteiger partial charge >= 0.3 is 5.97 Å². The van der Waals surface area contributed by atoms with E-state index >= 15 is 0 Å². The Morgan fingerprint density at radius 3 is 2.76 bits per heavy atom. The van der Waals surface area contributed by atoms with Crippen molar-refractivity contribution in [2.24, 2.45) is 0 Å². The number of benzene rings is 2. The number of carbonyl (C=O) groups is 1. The fourth-order valence-corrected chi connectivity index (χ4v) is 2.50. The van der Waals surface area contributed by atoms with Crippen LogP contribution in [-0.4, -0.2) is 17.7 Å². The van der Waals surface area contributed by atoms with Crippen LogP contribution in [0.3, 0.4) is 0 Å². The molecular weight excluding hydrogens is 295 g/mol. The van der Waals surface area contributed by atoms with E-state index < -0.39 is 11.8 Å². The minimum atomic E-state index is -1.03. The largest absolute Gasteiger partial charge is 0.489 e. The number of halogens is 2. The molecule has 0 spiro atoms. The van der Waals surface area contributed by atoms with Crippen molar-refractivity contribution in [3.63, 3.8) is 0 Å². The van der Waals surface area contributed by atoms with Crippen LogP contribution in [0, 0.1) is 5.82 Å². The number of hydrogen-bond donors (Lipinski definition) is 1. The SMILES string of the molecule is O=C(O)c1ccc2c(c1)C(c1cc(F)ccc1Cl)=CCO2. The molecule has 1 heterocycles. The normalized spacial score (nSPS) is 13.1. The molecule has 0 fully saturated rings. The van der Waals surface area contributed by atoms with Gasteiger partial charge in [-0.1, -0.05) is 11.6 Å². The first-order valence-electron chi connectivity index (χ1n) is 6.22. The van der Waals surface area contributed by atoms with E-state index in [1.165, 1.54) is 30.3 Å². The maximum absolute atomic E-state index is 13.5. The number of carboxylic acid groups (broad SMARTS) is 1. The molecule has 2 aromatic rings. The summed E-state index contributed by atoms with van der Waals surface area (Å²) in [5.41, 5.74) is 1.92. The number of fused-ring (bicyclic) bond motifs is 1. The molecule has 0 aromatic heterocycles. The van der Waals surface area contributed by atoms with E-state index in [4.69, 9.17) is 21.4 Å². The third-order valence-electron chi connectivity index (χ3n) is 3.26. The van der Waals surface area contributed by atoms with Crippen LogP contribution in [0.2, 0.25) is 5.02 Å². The summed E-state index contributed by atoms with van der Waals surface area (Å²) in [4.78, 5) is 11.1. The molecule has 0 bridgehead atoms. The highest BCUT2D eigenvalue weighted by Gasteiger charge is 2.19. The topological polar surface area (TPSA) is 46.5 Å². The molecule has 3 rings (SSSR count). The fraction of sp³-hybridized carbons (Fsp3) is 0.0625. The summed E-state index contributed by atoms with van der Waals surface area (Å²) in [6, 6.07) is 8.65. The highest BCUT2D eigenvalue weighted by atomic mass is 35.5. The van der Waals surface area contributed by atoms with Gasteiger partial charge in [0.1, 0.15) is 18.2 Å². The summed E-state index contributed by atoms with van der Waals surface area (Å²) < 4.78 is 18.9. The average Bonchev–Trinajstić information content (AvgIpc) is 2.48. The standard InChI is InChI=1S/C16H10ClFO3/c17-14-3-2-10(18)8-12(14)11-5-6-21-15-4-1-9(16(19)20)7-13(11)15/h1-5,7-8H,6H2,(H,19,20). The summed E-state index contributed by atoms with van der Waals surface area (Å²) in [5, 5.41) is 9.49. The van der Waals surface area contributed by atoms with Gasteiger partial charge in [-0.25, -0.2) is 9.18 Å². The Hall–Kier alpha value is -2.33. The Labute approximate surface area is 125 Å². The molecular formula is C16H10ClFO3. The smallest absolute Gasteiger partial charge is 0.335 e. The summed E-state index contributed by atoms with van der Waals surface area (Å²) in [7, 11) is 0. The molecule has 3 nitrogen and oxygen atoms in total. The van der Waals surface area contributed by atoms with Crippen LogP contribution in [0.15, 0.2) is 42.5 Å². The van der Waals surface area contributed by atoms with Crippen LogP contribution < -0.4 is 4.74 Å². The first-order chi connectivity index (χ1) is 10.1. The molecule has 21 heavy (non-hydrogen) atoms. The number of ether oxygens (including phenoxy) is 1. The lowest BCUT2D eigenvalue weighted by Crippen LogP contribution is -2.08. The lowest BCUT2D eigenvalue weighted by molar-refractivity contribution is 0.0697. The van der Waals surface area contributed by atoms with Crippen LogP contribution >= 0.6 is 11.6 Å². The minimum Gasteiger partial charge on any atom is -0.489 e. The van der Waals surface area contributed by atoms with E-state index in [2.05, 4.69) is 0 Å². The van der Waals surface area contributed by atoms with Crippen molar-refractivity contribution in [1.29, 1.82) is 0 Å². The first kappa shape index (κ1) is 13.6. The van der Waals surface area contributed by atoms with E-state index in [9.17, 15) is 9.18 Å². The fourth-order valence-electron chi connectivity index (χ4n) is 2.28. The molecule has 1 aliphatic heterocycles. The van der Waals surface area contributed by atoms with E-state index in [0.717, 1.165) is 0 Å². The average molecular weight is 305 g/mol. The van der Waals surface area contributed by atoms with Gasteiger partial charge in [-0.3, -0.25) is 0 Å². The minimum absolute atomic E-state index is 0.137. The van der Waals surface area contributed by atoms with E-state index in [0.29, 0.717) is 34.1 Å². The third kappa shape index (κ3) is 2.50. The monoisotopic (exact) mass is 304 g/mol. The lowest BCUT2D eigenvalue weighted by Gasteiger charge is -2.20. The summed E-state index contributed by atoms with van der Waals surface area (Å²) >= 11 is 6.13. The van der Waals surface area contributed by atoms with E-state index in [-0.39, 0.29) is 5.56 Å². The van der Waals surface area contributed by atoms with Gasteiger partial charge < -0.3 is 9.84 Å². The lowest BCUT2D eigenvalue weighted by atomic mass is 9.94. The zero-order valence-electron chi connectivity index (χ0n) is 10.8. The summed E-state index contributed by atoms with van der Waals surface area (Å²) in [6.07, 6.45) is 1.76. The number of aromatic carboxylic acids is 1. The Morgan fingerprint density at radius 2 is 2.00 bits per heavy atom. The van der Waals surface area contributed by atoms with Gasteiger partial charge in [0, 0.05) is 16.1 Å². The number of rotatable bonds is 2. The molecule has 1 N–H and O–H groups in total. The van der Waals surface area contributed by atoms with Crippen LogP contribution in [0.5, 0.6) is 5.75 Å². The first-order valence-corrected chi connectivity index (χ1v) is 6.60. The molecule has 106 valence electrons. The second-order valence-corrected chi connectivity index (χ2v) is 4.98. The second kappa shape index (κ2) is 5.22. The quantitative estimate of drug-likeness (QED) is 0.912. The molecule has 0 amide bonds. The predicted molar refractivity (Wildman–Crippen MR) is 77.4 cm³/mol. The van der Waals surface area contributed by atoms with Gasteiger partial charge in [-0.15, -0.1) is 0 Å². The van der Waals surface area contributed by atoms with Crippen molar-refractivity contribution in [1.82, 2.24) is 0 Å². The number of carboxylic acids is 1. The van der Waals surface area contributed by atoms with Crippen LogP contribution in [0.25, 0.3) is 5.57 Å². The Morgan fingerprint density at radius 1 is 1.19 bits per heavy atom. The highest BCUT2D eigenvalue weighted by Crippen LogP contribution is 2.37. The van der Waals surface area contributed by atoms with Gasteiger partial charge in [-0.05, 0) is 48.0 Å². The highest BCUT2D eigenvalue weighted by molar-refractivity contribution is 6.32. The molecule has 1 aliphatic rings. The molecule has 0 saturated carbocycles. The zero-order chi connectivity index (χ0) is 15.0. The second-order valence-electron chi connectivity index (χ2n) is 4.57. The van der Waals surface area contributed by atoms with Gasteiger partial charge in [0.05, 0.1) is 5.56 Å². The van der Waals surface area contributed by atoms with Gasteiger partial charge in [0.15, 0.2) is 0 Å². The van der Waals surface area contributed by atoms with Crippen molar-refractivity contribution in [3.8, 4) is 5.75 Å². The van der Waals surface area contributed by atoms with Gasteiger partial charge in [0.2, 0.25) is 0 Å². The van der Waals surface area contributed by atoms with Crippen LogP contribution in [-0.2, 0) is 0 Å². The van der Waals surface area contributed by atoms with Crippen molar-refractivity contribution in [3.05, 3.63) is 70.0 Å². The van der Waals surface area contributed by atoms with Crippen molar-refractivity contribution < 1.29 is 19.0 Å². The van der Waals surface area contributed by atoms with Crippen LogP contribution in [0.4, 0.5) is 4.39 Å². The van der Waals surface area contributed by atoms with Crippen molar-refractivity contribution in [2.45, 2.75) is 0 Å². The molecule has 0 saturated heterocycles. The van der Waals surface area contributed by atoms with Crippen molar-refractivity contribution in [2.75, 3.05) is 6.61 Å². The molecule has 0 radical (unpaired) electrons. The number of hydrogen-bond acceptors (Lipinski definition) is 2. The van der Waals surface area contributed by atoms with E-state index in [1.807, 2.05) is 0 Å². The summed E-state index contributed by atoms with van der Waals surface area (Å²) in [5.74, 6) is -0.886.